The van der Waals surface area contributed by atoms with Crippen LogP contribution in [0.2, 0.25) is 0 Å². The van der Waals surface area contributed by atoms with Crippen LogP contribution in [0.4, 0.5) is 0 Å². The Morgan fingerprint density at radius 1 is 0.750 bits per heavy atom. The molecule has 1 atom stereocenters. The molecule has 3 nitrogen and oxygen atoms in total. The summed E-state index contributed by atoms with van der Waals surface area (Å²) < 4.78 is 4.45. The molecule has 4 rings (SSSR count). The summed E-state index contributed by atoms with van der Waals surface area (Å²) >= 11 is 0. The number of aliphatic hydroxyl groups excluding tert-OH is 1. The second kappa shape index (κ2) is 7.48. The first-order valence-corrected chi connectivity index (χ1v) is 10.2. The van der Waals surface area contributed by atoms with E-state index >= 15 is 0 Å². The average Bonchev–Trinajstić information content (AvgIpc) is 3.21. The molecule has 1 N–H and O–H groups in total. The molecular formula is C25H30N2O. The molecule has 2 aromatic heterocycles. The van der Waals surface area contributed by atoms with Gasteiger partial charge in [-0.3, -0.25) is 0 Å². The summed E-state index contributed by atoms with van der Waals surface area (Å²) in [7, 11) is 4.24. The summed E-state index contributed by atoms with van der Waals surface area (Å²) in [6.45, 7) is 4.19. The second-order valence-corrected chi connectivity index (χ2v) is 8.37. The lowest BCUT2D eigenvalue weighted by molar-refractivity contribution is 0.113. The molecule has 0 aliphatic heterocycles. The van der Waals surface area contributed by atoms with Crippen LogP contribution in [0.3, 0.4) is 0 Å². The fraction of sp³-hybridized carbons (Fsp3) is 0.360. The van der Waals surface area contributed by atoms with Gasteiger partial charge in [-0.25, -0.2) is 0 Å². The third kappa shape index (κ3) is 3.24. The monoisotopic (exact) mass is 374 g/mol. The lowest BCUT2D eigenvalue weighted by atomic mass is 9.85. The number of aryl methyl sites for hydroxylation is 2. The third-order valence-electron chi connectivity index (χ3n) is 6.13. The van der Waals surface area contributed by atoms with Gasteiger partial charge >= 0.3 is 0 Å². The van der Waals surface area contributed by atoms with Crippen molar-refractivity contribution in [2.75, 3.05) is 0 Å². The zero-order valence-corrected chi connectivity index (χ0v) is 17.3. The molecule has 0 spiro atoms. The minimum Gasteiger partial charge on any atom is -0.393 e. The van der Waals surface area contributed by atoms with Crippen molar-refractivity contribution in [2.45, 2.75) is 38.7 Å². The molecule has 0 saturated carbocycles. The summed E-state index contributed by atoms with van der Waals surface area (Å²) in [6.07, 6.45) is 6.01. The molecule has 0 saturated heterocycles. The molecule has 28 heavy (non-hydrogen) atoms. The van der Waals surface area contributed by atoms with Crippen molar-refractivity contribution in [3.05, 3.63) is 72.1 Å². The molecule has 0 aliphatic carbocycles. The van der Waals surface area contributed by atoms with E-state index in [1.54, 1.807) is 0 Å². The maximum absolute atomic E-state index is 10.5. The van der Waals surface area contributed by atoms with E-state index in [4.69, 9.17) is 0 Å². The minimum atomic E-state index is -0.271. The summed E-state index contributed by atoms with van der Waals surface area (Å²) in [6, 6.07) is 17.3. The van der Waals surface area contributed by atoms with Crippen LogP contribution in [-0.4, -0.2) is 20.3 Å². The highest BCUT2D eigenvalue weighted by atomic mass is 16.3. The molecule has 0 amide bonds. The molecule has 0 radical (unpaired) electrons. The molecule has 2 aromatic carbocycles. The van der Waals surface area contributed by atoms with Crippen molar-refractivity contribution in [3.63, 3.8) is 0 Å². The van der Waals surface area contributed by atoms with Gasteiger partial charge in [-0.05, 0) is 42.0 Å². The first-order valence-electron chi connectivity index (χ1n) is 10.2. The largest absolute Gasteiger partial charge is 0.393 e. The van der Waals surface area contributed by atoms with Crippen molar-refractivity contribution in [3.8, 4) is 0 Å². The predicted molar refractivity (Wildman–Crippen MR) is 118 cm³/mol. The maximum atomic E-state index is 10.5. The lowest BCUT2D eigenvalue weighted by Crippen LogP contribution is -2.16. The number of aliphatic hydroxyl groups is 1. The highest BCUT2D eigenvalue weighted by molar-refractivity contribution is 5.88. The van der Waals surface area contributed by atoms with Crippen molar-refractivity contribution in [1.29, 1.82) is 0 Å². The summed E-state index contributed by atoms with van der Waals surface area (Å²) in [5.41, 5.74) is 5.22. The number of rotatable bonds is 6. The van der Waals surface area contributed by atoms with E-state index in [1.165, 1.54) is 32.9 Å². The number of benzene rings is 2. The van der Waals surface area contributed by atoms with Crippen LogP contribution in [0.15, 0.2) is 60.9 Å². The molecule has 0 aliphatic rings. The summed E-state index contributed by atoms with van der Waals surface area (Å²) in [4.78, 5) is 0. The van der Waals surface area contributed by atoms with Crippen LogP contribution >= 0.6 is 0 Å². The van der Waals surface area contributed by atoms with Gasteiger partial charge in [0.15, 0.2) is 0 Å². The second-order valence-electron chi connectivity index (χ2n) is 8.37. The Morgan fingerprint density at radius 2 is 1.21 bits per heavy atom. The zero-order chi connectivity index (χ0) is 19.8. The van der Waals surface area contributed by atoms with Crippen LogP contribution in [0.25, 0.3) is 21.8 Å². The first kappa shape index (κ1) is 18.8. The molecule has 1 unspecified atom stereocenters. The fourth-order valence-electron chi connectivity index (χ4n) is 4.45. The number of hydrogen-bond donors (Lipinski definition) is 1. The molecule has 3 heteroatoms. The van der Waals surface area contributed by atoms with E-state index in [1.807, 2.05) is 0 Å². The van der Waals surface area contributed by atoms with Crippen molar-refractivity contribution < 1.29 is 5.11 Å². The van der Waals surface area contributed by atoms with Gasteiger partial charge < -0.3 is 14.2 Å². The van der Waals surface area contributed by atoms with Crippen LogP contribution in [0.1, 0.15) is 43.7 Å². The van der Waals surface area contributed by atoms with Crippen LogP contribution in [-0.2, 0) is 14.1 Å². The maximum Gasteiger partial charge on any atom is 0.0563 e. The van der Waals surface area contributed by atoms with Crippen molar-refractivity contribution in [2.24, 2.45) is 20.0 Å². The fourth-order valence-corrected chi connectivity index (χ4v) is 4.45. The number of aromatic nitrogens is 2. The SMILES string of the molecule is CC(C)C(O)CCC(c1cn(C)c2ccccc12)c1cn(C)c2ccccc12. The van der Waals surface area contributed by atoms with Crippen molar-refractivity contribution >= 4 is 21.8 Å². The molecule has 146 valence electrons. The quantitative estimate of drug-likeness (QED) is 0.468. The predicted octanol–water partition coefficient (Wildman–Crippen LogP) is 5.60. The Kier molecular flexibility index (Phi) is 5.03. The van der Waals surface area contributed by atoms with Gasteiger partial charge in [0, 0.05) is 54.2 Å². The van der Waals surface area contributed by atoms with Gasteiger partial charge in [0.25, 0.3) is 0 Å². The van der Waals surface area contributed by atoms with Crippen molar-refractivity contribution in [1.82, 2.24) is 9.13 Å². The van der Waals surface area contributed by atoms with Gasteiger partial charge in [-0.2, -0.15) is 0 Å². The average molecular weight is 375 g/mol. The molecule has 2 heterocycles. The van der Waals surface area contributed by atoms with E-state index in [0.29, 0.717) is 0 Å². The van der Waals surface area contributed by atoms with Gasteiger partial charge in [0.05, 0.1) is 6.10 Å². The highest BCUT2D eigenvalue weighted by Gasteiger charge is 2.24. The zero-order valence-electron chi connectivity index (χ0n) is 17.3. The Hall–Kier alpha value is -2.52. The first-order chi connectivity index (χ1) is 13.5. The van der Waals surface area contributed by atoms with E-state index < -0.39 is 0 Å². The van der Waals surface area contributed by atoms with Gasteiger partial charge in [0.1, 0.15) is 0 Å². The third-order valence-corrected chi connectivity index (χ3v) is 6.13. The highest BCUT2D eigenvalue weighted by Crippen LogP contribution is 2.39. The van der Waals surface area contributed by atoms with Crippen LogP contribution in [0.5, 0.6) is 0 Å². The Labute approximate surface area is 167 Å². The Bertz CT molecular complexity index is 1020. The number of para-hydroxylation sites is 2. The van der Waals surface area contributed by atoms with E-state index in [0.717, 1.165) is 12.8 Å². The molecular weight excluding hydrogens is 344 g/mol. The molecule has 0 bridgehead atoms. The van der Waals surface area contributed by atoms with Crippen LogP contribution < -0.4 is 0 Å². The Morgan fingerprint density at radius 3 is 1.68 bits per heavy atom. The van der Waals surface area contributed by atoms with Gasteiger partial charge in [-0.1, -0.05) is 50.2 Å². The smallest absolute Gasteiger partial charge is 0.0563 e. The Balaban J connectivity index is 1.86. The summed E-state index contributed by atoms with van der Waals surface area (Å²) in [5.74, 6) is 0.534. The number of nitrogens with zero attached hydrogens (tertiary/aromatic N) is 2. The molecule has 0 fully saturated rings. The molecule has 4 aromatic rings. The van der Waals surface area contributed by atoms with Gasteiger partial charge in [0.2, 0.25) is 0 Å². The van der Waals surface area contributed by atoms with Gasteiger partial charge in [-0.15, -0.1) is 0 Å². The minimum absolute atomic E-state index is 0.255. The number of fused-ring (bicyclic) bond motifs is 2. The van der Waals surface area contributed by atoms with Crippen LogP contribution in [0, 0.1) is 5.92 Å². The normalized spacial score (nSPS) is 13.2. The van der Waals surface area contributed by atoms with E-state index in [2.05, 4.69) is 98.0 Å². The standard InChI is InChI=1S/C25H30N2O/c1-17(2)25(28)14-13-18(21-15-26(3)23-11-7-5-9-19(21)23)22-16-27(4)24-12-8-6-10-20(22)24/h5-12,15-18,25,28H,13-14H2,1-4H3. The van der Waals surface area contributed by atoms with E-state index in [9.17, 15) is 5.11 Å². The summed E-state index contributed by atoms with van der Waals surface area (Å²) in [5, 5.41) is 13.1. The lowest BCUT2D eigenvalue weighted by Gasteiger charge is -2.20. The number of hydrogen-bond acceptors (Lipinski definition) is 1. The topological polar surface area (TPSA) is 30.1 Å². The van der Waals surface area contributed by atoms with E-state index in [-0.39, 0.29) is 17.9 Å².